The molecule has 3 rings (SSSR count). The highest BCUT2D eigenvalue weighted by Gasteiger charge is 2.30. The fourth-order valence-electron chi connectivity index (χ4n) is 2.72. The van der Waals surface area contributed by atoms with E-state index in [0.29, 0.717) is 6.61 Å². The van der Waals surface area contributed by atoms with Crippen molar-refractivity contribution in [1.29, 1.82) is 0 Å². The van der Waals surface area contributed by atoms with Crippen LogP contribution in [-0.4, -0.2) is 35.8 Å². The van der Waals surface area contributed by atoms with Gasteiger partial charge in [0.25, 0.3) is 0 Å². The van der Waals surface area contributed by atoms with E-state index >= 15 is 0 Å². The van der Waals surface area contributed by atoms with E-state index in [2.05, 4.69) is 17.4 Å². The zero-order chi connectivity index (χ0) is 13.9. The minimum atomic E-state index is -1.04. The van der Waals surface area contributed by atoms with Crippen molar-refractivity contribution < 1.29 is 8.95 Å². The lowest BCUT2D eigenvalue weighted by molar-refractivity contribution is 0.0838. The standard InChI is InChI=1S/C16H19NO2S/c1-17-15-8-9-19-11-16(15)20(18)14-7-6-12-4-2-3-5-13(12)10-14/h2-7,10,15-17H,8-9,11H2,1H3. The van der Waals surface area contributed by atoms with Crippen molar-refractivity contribution in [3.63, 3.8) is 0 Å². The van der Waals surface area contributed by atoms with E-state index in [1.807, 2.05) is 37.4 Å². The first-order chi connectivity index (χ1) is 9.79. The summed E-state index contributed by atoms with van der Waals surface area (Å²) in [5.41, 5.74) is 0. The van der Waals surface area contributed by atoms with Gasteiger partial charge < -0.3 is 10.1 Å². The predicted molar refractivity (Wildman–Crippen MR) is 82.4 cm³/mol. The van der Waals surface area contributed by atoms with Crippen LogP contribution in [0.2, 0.25) is 0 Å². The van der Waals surface area contributed by atoms with Crippen LogP contribution >= 0.6 is 0 Å². The molecule has 0 amide bonds. The molecular weight excluding hydrogens is 270 g/mol. The molecule has 2 aromatic carbocycles. The first-order valence-corrected chi connectivity index (χ1v) is 8.15. The molecule has 106 valence electrons. The molecule has 3 atom stereocenters. The number of benzene rings is 2. The van der Waals surface area contributed by atoms with Crippen LogP contribution in [0.5, 0.6) is 0 Å². The molecule has 1 aliphatic heterocycles. The average molecular weight is 289 g/mol. The molecule has 0 spiro atoms. The van der Waals surface area contributed by atoms with E-state index in [1.165, 1.54) is 5.39 Å². The summed E-state index contributed by atoms with van der Waals surface area (Å²) in [7, 11) is 0.888. The maximum atomic E-state index is 12.8. The zero-order valence-corrected chi connectivity index (χ0v) is 12.4. The molecule has 0 saturated carbocycles. The molecule has 1 heterocycles. The Kier molecular flexibility index (Phi) is 4.15. The highest BCUT2D eigenvalue weighted by molar-refractivity contribution is 7.85. The second kappa shape index (κ2) is 6.04. The van der Waals surface area contributed by atoms with E-state index in [4.69, 9.17) is 4.74 Å². The summed E-state index contributed by atoms with van der Waals surface area (Å²) in [6.07, 6.45) is 0.917. The van der Waals surface area contributed by atoms with E-state index in [-0.39, 0.29) is 11.3 Å². The van der Waals surface area contributed by atoms with Crippen LogP contribution < -0.4 is 5.32 Å². The van der Waals surface area contributed by atoms with Gasteiger partial charge in [-0.2, -0.15) is 0 Å². The third-order valence-electron chi connectivity index (χ3n) is 3.90. The van der Waals surface area contributed by atoms with E-state index in [0.717, 1.165) is 23.3 Å². The summed E-state index contributed by atoms with van der Waals surface area (Å²) in [6, 6.07) is 14.5. The molecule has 20 heavy (non-hydrogen) atoms. The monoisotopic (exact) mass is 289 g/mol. The molecular formula is C16H19NO2S. The molecule has 0 bridgehead atoms. The molecule has 3 unspecified atom stereocenters. The molecule has 4 heteroatoms. The van der Waals surface area contributed by atoms with Crippen molar-refractivity contribution in [3.8, 4) is 0 Å². The van der Waals surface area contributed by atoms with Gasteiger partial charge >= 0.3 is 0 Å². The highest BCUT2D eigenvalue weighted by atomic mass is 32.2. The molecule has 0 radical (unpaired) electrons. The largest absolute Gasteiger partial charge is 0.380 e. The number of hydrogen-bond donors (Lipinski definition) is 1. The Morgan fingerprint density at radius 2 is 2.00 bits per heavy atom. The fraction of sp³-hybridized carbons (Fsp3) is 0.375. The zero-order valence-electron chi connectivity index (χ0n) is 11.5. The molecule has 2 aromatic rings. The van der Waals surface area contributed by atoms with Crippen LogP contribution in [0.15, 0.2) is 47.4 Å². The Bertz CT molecular complexity index is 629. The minimum Gasteiger partial charge on any atom is -0.380 e. The van der Waals surface area contributed by atoms with Crippen LogP contribution in [0.4, 0.5) is 0 Å². The minimum absolute atomic E-state index is 0.0231. The lowest BCUT2D eigenvalue weighted by Crippen LogP contribution is -2.47. The number of nitrogens with one attached hydrogen (secondary N) is 1. The quantitative estimate of drug-likeness (QED) is 0.942. The Labute approximate surface area is 121 Å². The molecule has 0 aromatic heterocycles. The predicted octanol–water partition coefficient (Wildman–Crippen LogP) is 2.32. The van der Waals surface area contributed by atoms with Gasteiger partial charge in [-0.15, -0.1) is 0 Å². The average Bonchev–Trinajstić information content (AvgIpc) is 2.53. The topological polar surface area (TPSA) is 38.3 Å². The number of hydrogen-bond acceptors (Lipinski definition) is 3. The van der Waals surface area contributed by atoms with Gasteiger partial charge in [0.1, 0.15) is 0 Å². The van der Waals surface area contributed by atoms with Gasteiger partial charge in [0.05, 0.1) is 22.7 Å². The van der Waals surface area contributed by atoms with Crippen LogP contribution in [-0.2, 0) is 15.5 Å². The van der Waals surface area contributed by atoms with Crippen molar-refractivity contribution in [1.82, 2.24) is 5.32 Å². The normalized spacial score (nSPS) is 24.6. The van der Waals surface area contributed by atoms with Gasteiger partial charge in [-0.3, -0.25) is 4.21 Å². The lowest BCUT2D eigenvalue weighted by atomic mass is 10.1. The summed E-state index contributed by atoms with van der Waals surface area (Å²) in [4.78, 5) is 0.888. The van der Waals surface area contributed by atoms with Gasteiger partial charge in [-0.1, -0.05) is 30.3 Å². The van der Waals surface area contributed by atoms with Gasteiger partial charge in [-0.05, 0) is 36.4 Å². The summed E-state index contributed by atoms with van der Waals surface area (Å²) in [5, 5.41) is 5.61. The van der Waals surface area contributed by atoms with Crippen molar-refractivity contribution in [2.75, 3.05) is 20.3 Å². The Balaban J connectivity index is 1.91. The molecule has 3 nitrogen and oxygen atoms in total. The second-order valence-corrected chi connectivity index (χ2v) is 6.78. The maximum Gasteiger partial charge on any atom is 0.0781 e. The van der Waals surface area contributed by atoms with E-state index < -0.39 is 10.8 Å². The Hall–Kier alpha value is -1.23. The SMILES string of the molecule is CNC1CCOCC1S(=O)c1ccc2ccccc2c1. The van der Waals surface area contributed by atoms with Crippen molar-refractivity contribution in [2.24, 2.45) is 0 Å². The maximum absolute atomic E-state index is 12.8. The number of ether oxygens (including phenoxy) is 1. The van der Waals surface area contributed by atoms with Crippen LogP contribution in [0.1, 0.15) is 6.42 Å². The first kappa shape index (κ1) is 13.7. The summed E-state index contributed by atoms with van der Waals surface area (Å²) in [5.74, 6) is 0. The summed E-state index contributed by atoms with van der Waals surface area (Å²) in [6.45, 7) is 1.31. The van der Waals surface area contributed by atoms with E-state index in [9.17, 15) is 4.21 Å². The first-order valence-electron chi connectivity index (χ1n) is 6.94. The third-order valence-corrected chi connectivity index (χ3v) is 5.64. The van der Waals surface area contributed by atoms with Crippen LogP contribution in [0.3, 0.4) is 0 Å². The Morgan fingerprint density at radius 3 is 2.80 bits per heavy atom. The van der Waals surface area contributed by atoms with Gasteiger partial charge in [0, 0.05) is 17.5 Å². The molecule has 0 aliphatic carbocycles. The highest BCUT2D eigenvalue weighted by Crippen LogP contribution is 2.23. The smallest absolute Gasteiger partial charge is 0.0781 e. The van der Waals surface area contributed by atoms with Gasteiger partial charge in [0.15, 0.2) is 0 Å². The fourth-order valence-corrected chi connectivity index (χ4v) is 4.31. The summed E-state index contributed by atoms with van der Waals surface area (Å²) < 4.78 is 18.3. The van der Waals surface area contributed by atoms with Crippen molar-refractivity contribution >= 4 is 21.6 Å². The molecule has 1 N–H and O–H groups in total. The molecule has 1 aliphatic rings. The van der Waals surface area contributed by atoms with Crippen molar-refractivity contribution in [2.45, 2.75) is 22.6 Å². The second-order valence-electron chi connectivity index (χ2n) is 5.10. The van der Waals surface area contributed by atoms with Gasteiger partial charge in [-0.25, -0.2) is 0 Å². The molecule has 1 saturated heterocycles. The van der Waals surface area contributed by atoms with Crippen molar-refractivity contribution in [3.05, 3.63) is 42.5 Å². The number of fused-ring (bicyclic) bond motifs is 1. The van der Waals surface area contributed by atoms with Gasteiger partial charge in [0.2, 0.25) is 0 Å². The van der Waals surface area contributed by atoms with Crippen LogP contribution in [0.25, 0.3) is 10.8 Å². The summed E-state index contributed by atoms with van der Waals surface area (Å²) >= 11 is 0. The molecule has 1 fully saturated rings. The lowest BCUT2D eigenvalue weighted by Gasteiger charge is -2.30. The van der Waals surface area contributed by atoms with E-state index in [1.54, 1.807) is 0 Å². The third kappa shape index (κ3) is 2.64. The Morgan fingerprint density at radius 1 is 1.20 bits per heavy atom. The van der Waals surface area contributed by atoms with Crippen LogP contribution in [0, 0.1) is 0 Å². The number of rotatable bonds is 3.